The Labute approximate surface area is 199 Å². The third-order valence-electron chi connectivity index (χ3n) is 6.27. The molecule has 2 fully saturated rings. The Kier molecular flexibility index (Phi) is 7.42. The van der Waals surface area contributed by atoms with Crippen LogP contribution in [0.3, 0.4) is 0 Å². The minimum absolute atomic E-state index is 0.0923. The molecule has 0 atom stereocenters. The normalized spacial score (nSPS) is 18.0. The molecule has 0 aliphatic carbocycles. The minimum atomic E-state index is -3.69. The van der Waals surface area contributed by atoms with Gasteiger partial charge in [-0.25, -0.2) is 18.2 Å². The topological polar surface area (TPSA) is 113 Å². The second-order valence-corrected chi connectivity index (χ2v) is 10.2. The van der Waals surface area contributed by atoms with Crippen molar-refractivity contribution in [2.24, 2.45) is 5.92 Å². The molecule has 0 radical (unpaired) electrons. The number of piperidine rings is 1. The fourth-order valence-electron chi connectivity index (χ4n) is 4.34. The fourth-order valence-corrected chi connectivity index (χ4v) is 5.81. The highest BCUT2D eigenvalue weighted by molar-refractivity contribution is 7.89. The zero-order chi connectivity index (χ0) is 24.1. The SMILES string of the molecule is CCOC(=O)c1ccc(S(=O)(=O)N2CCC(C(=O)N3CCN(c4cnccn4)CC3)CC2)cc1. The number of anilines is 1. The quantitative estimate of drug-likeness (QED) is 0.562. The summed E-state index contributed by atoms with van der Waals surface area (Å²) in [5, 5.41) is 0. The first-order chi connectivity index (χ1) is 16.4. The fraction of sp³-hybridized carbons (Fsp3) is 0.478. The third-order valence-corrected chi connectivity index (χ3v) is 8.18. The summed E-state index contributed by atoms with van der Waals surface area (Å²) in [6.07, 6.45) is 5.99. The van der Waals surface area contributed by atoms with Gasteiger partial charge < -0.3 is 14.5 Å². The van der Waals surface area contributed by atoms with Crippen molar-refractivity contribution in [2.45, 2.75) is 24.7 Å². The predicted octanol–water partition coefficient (Wildman–Crippen LogP) is 1.40. The number of esters is 1. The van der Waals surface area contributed by atoms with Crippen LogP contribution >= 0.6 is 0 Å². The Hall–Kier alpha value is -3.05. The number of amides is 1. The molecule has 2 saturated heterocycles. The van der Waals surface area contributed by atoms with E-state index < -0.39 is 16.0 Å². The van der Waals surface area contributed by atoms with Crippen LogP contribution in [-0.2, 0) is 19.6 Å². The van der Waals surface area contributed by atoms with Crippen LogP contribution in [-0.4, -0.2) is 85.3 Å². The van der Waals surface area contributed by atoms with Crippen LogP contribution in [0.1, 0.15) is 30.1 Å². The Bertz CT molecular complexity index is 1090. The first kappa shape index (κ1) is 24.1. The van der Waals surface area contributed by atoms with Gasteiger partial charge in [-0.2, -0.15) is 4.31 Å². The number of rotatable bonds is 6. The van der Waals surface area contributed by atoms with Gasteiger partial charge in [-0.05, 0) is 44.0 Å². The number of carbonyl (C=O) groups is 2. The summed E-state index contributed by atoms with van der Waals surface area (Å²) in [7, 11) is -3.69. The van der Waals surface area contributed by atoms with E-state index in [1.54, 1.807) is 25.5 Å². The molecule has 0 bridgehead atoms. The van der Waals surface area contributed by atoms with Crippen LogP contribution in [0, 0.1) is 5.92 Å². The molecular formula is C23H29N5O5S. The van der Waals surface area contributed by atoms with Gasteiger partial charge in [-0.15, -0.1) is 0 Å². The van der Waals surface area contributed by atoms with Crippen LogP contribution in [0.2, 0.25) is 0 Å². The molecule has 34 heavy (non-hydrogen) atoms. The largest absolute Gasteiger partial charge is 0.462 e. The molecule has 1 amide bonds. The van der Waals surface area contributed by atoms with Crippen molar-refractivity contribution >= 4 is 27.7 Å². The molecule has 0 saturated carbocycles. The van der Waals surface area contributed by atoms with Crippen molar-refractivity contribution < 1.29 is 22.7 Å². The zero-order valence-corrected chi connectivity index (χ0v) is 20.0. The highest BCUT2D eigenvalue weighted by atomic mass is 32.2. The number of hydrogen-bond donors (Lipinski definition) is 0. The maximum Gasteiger partial charge on any atom is 0.338 e. The molecule has 0 N–H and O–H groups in total. The van der Waals surface area contributed by atoms with Crippen LogP contribution in [0.15, 0.2) is 47.8 Å². The summed E-state index contributed by atoms with van der Waals surface area (Å²) in [6, 6.07) is 5.77. The number of benzene rings is 1. The van der Waals surface area contributed by atoms with Gasteiger partial charge in [0.15, 0.2) is 0 Å². The second kappa shape index (κ2) is 10.5. The average molecular weight is 488 g/mol. The van der Waals surface area contributed by atoms with Gasteiger partial charge in [-0.1, -0.05) is 0 Å². The van der Waals surface area contributed by atoms with E-state index in [-0.39, 0.29) is 36.4 Å². The predicted molar refractivity (Wildman–Crippen MR) is 125 cm³/mol. The number of sulfonamides is 1. The van der Waals surface area contributed by atoms with E-state index in [0.29, 0.717) is 44.6 Å². The molecule has 11 heteroatoms. The highest BCUT2D eigenvalue weighted by Gasteiger charge is 2.34. The Morgan fingerprint density at radius 1 is 1.00 bits per heavy atom. The van der Waals surface area contributed by atoms with Crippen molar-refractivity contribution in [3.8, 4) is 0 Å². The Morgan fingerprint density at radius 2 is 1.68 bits per heavy atom. The average Bonchev–Trinajstić information content (AvgIpc) is 2.89. The smallest absolute Gasteiger partial charge is 0.338 e. The molecule has 0 unspecified atom stereocenters. The Morgan fingerprint density at radius 3 is 2.26 bits per heavy atom. The van der Waals surface area contributed by atoms with E-state index in [9.17, 15) is 18.0 Å². The summed E-state index contributed by atoms with van der Waals surface area (Å²) >= 11 is 0. The molecule has 2 aromatic rings. The van der Waals surface area contributed by atoms with Gasteiger partial charge >= 0.3 is 5.97 Å². The van der Waals surface area contributed by atoms with Crippen LogP contribution in [0.4, 0.5) is 5.82 Å². The van der Waals surface area contributed by atoms with Crippen molar-refractivity contribution in [3.63, 3.8) is 0 Å². The van der Waals surface area contributed by atoms with Gasteiger partial charge in [0.05, 0.1) is 23.3 Å². The third kappa shape index (κ3) is 5.20. The molecular weight excluding hydrogens is 458 g/mol. The molecule has 2 aliphatic rings. The standard InChI is InChI=1S/C23H29N5O5S/c1-2-33-23(30)19-3-5-20(6-4-19)34(31,32)28-11-7-18(8-12-28)22(29)27-15-13-26(14-16-27)21-17-24-9-10-25-21/h3-6,9-10,17-18H,2,7-8,11-16H2,1H3. The Balaban J connectivity index is 1.30. The summed E-state index contributed by atoms with van der Waals surface area (Å²) in [4.78, 5) is 37.4. The van der Waals surface area contributed by atoms with Gasteiger partial charge in [-0.3, -0.25) is 9.78 Å². The second-order valence-electron chi connectivity index (χ2n) is 8.30. The summed E-state index contributed by atoms with van der Waals surface area (Å²) in [6.45, 7) is 5.16. The summed E-state index contributed by atoms with van der Waals surface area (Å²) in [5.74, 6) is 0.238. The number of piperazine rings is 1. The molecule has 182 valence electrons. The van der Waals surface area contributed by atoms with E-state index in [0.717, 1.165) is 5.82 Å². The zero-order valence-electron chi connectivity index (χ0n) is 19.2. The number of carbonyl (C=O) groups excluding carboxylic acids is 2. The first-order valence-electron chi connectivity index (χ1n) is 11.5. The summed E-state index contributed by atoms with van der Waals surface area (Å²) in [5.41, 5.74) is 0.310. The highest BCUT2D eigenvalue weighted by Crippen LogP contribution is 2.26. The van der Waals surface area contributed by atoms with Crippen LogP contribution in [0.5, 0.6) is 0 Å². The molecule has 1 aromatic carbocycles. The van der Waals surface area contributed by atoms with Gasteiger partial charge in [0.25, 0.3) is 0 Å². The molecule has 3 heterocycles. The van der Waals surface area contributed by atoms with E-state index >= 15 is 0 Å². The van der Waals surface area contributed by atoms with Crippen molar-refractivity contribution in [1.82, 2.24) is 19.2 Å². The number of hydrogen-bond acceptors (Lipinski definition) is 8. The van der Waals surface area contributed by atoms with Gasteiger partial charge in [0, 0.05) is 57.6 Å². The number of ether oxygens (including phenoxy) is 1. The van der Waals surface area contributed by atoms with E-state index in [1.165, 1.54) is 28.6 Å². The van der Waals surface area contributed by atoms with E-state index in [2.05, 4.69) is 14.9 Å². The van der Waals surface area contributed by atoms with Crippen molar-refractivity contribution in [2.75, 3.05) is 50.8 Å². The van der Waals surface area contributed by atoms with Gasteiger partial charge in [0.1, 0.15) is 5.82 Å². The lowest BCUT2D eigenvalue weighted by Gasteiger charge is -2.38. The summed E-state index contributed by atoms with van der Waals surface area (Å²) < 4.78 is 32.4. The molecule has 2 aliphatic heterocycles. The monoisotopic (exact) mass is 487 g/mol. The minimum Gasteiger partial charge on any atom is -0.462 e. The van der Waals surface area contributed by atoms with Crippen molar-refractivity contribution in [3.05, 3.63) is 48.4 Å². The molecule has 10 nitrogen and oxygen atoms in total. The number of nitrogens with zero attached hydrogens (tertiary/aromatic N) is 5. The lowest BCUT2D eigenvalue weighted by atomic mass is 9.96. The van der Waals surface area contributed by atoms with Crippen LogP contribution in [0.25, 0.3) is 0 Å². The first-order valence-corrected chi connectivity index (χ1v) is 12.9. The molecule has 4 rings (SSSR count). The molecule has 0 spiro atoms. The van der Waals surface area contributed by atoms with Crippen LogP contribution < -0.4 is 4.90 Å². The van der Waals surface area contributed by atoms with E-state index in [1.807, 2.05) is 4.90 Å². The maximum atomic E-state index is 13.0. The lowest BCUT2D eigenvalue weighted by Crippen LogP contribution is -2.52. The van der Waals surface area contributed by atoms with Crippen molar-refractivity contribution in [1.29, 1.82) is 0 Å². The number of aromatic nitrogens is 2. The maximum absolute atomic E-state index is 13.0. The van der Waals surface area contributed by atoms with E-state index in [4.69, 9.17) is 4.74 Å². The van der Waals surface area contributed by atoms with Gasteiger partial charge in [0.2, 0.25) is 15.9 Å². The lowest BCUT2D eigenvalue weighted by molar-refractivity contribution is -0.137. The molecule has 1 aromatic heterocycles.